The Hall–Kier alpha value is -3.07. The SMILES string of the molecule is O=C(COC(=O)c1c(F)cccc1Cl)Nc1ccc(F)c([N+](=O)[O-])c1. The van der Waals surface area contributed by atoms with Crippen molar-refractivity contribution in [3.63, 3.8) is 0 Å². The first-order valence-electron chi connectivity index (χ1n) is 6.64. The maximum atomic E-state index is 13.5. The molecule has 0 fully saturated rings. The van der Waals surface area contributed by atoms with E-state index in [2.05, 4.69) is 10.1 Å². The van der Waals surface area contributed by atoms with Crippen LogP contribution < -0.4 is 5.32 Å². The summed E-state index contributed by atoms with van der Waals surface area (Å²) in [7, 11) is 0. The van der Waals surface area contributed by atoms with Gasteiger partial charge in [0, 0.05) is 11.8 Å². The summed E-state index contributed by atoms with van der Waals surface area (Å²) in [5.41, 5.74) is -1.42. The monoisotopic (exact) mass is 370 g/mol. The van der Waals surface area contributed by atoms with Gasteiger partial charge >= 0.3 is 11.7 Å². The second-order valence-electron chi connectivity index (χ2n) is 4.64. The second kappa shape index (κ2) is 7.67. The van der Waals surface area contributed by atoms with Crippen molar-refractivity contribution in [2.45, 2.75) is 0 Å². The molecule has 2 aromatic rings. The summed E-state index contributed by atoms with van der Waals surface area (Å²) in [6, 6.07) is 6.28. The number of hydrogen-bond acceptors (Lipinski definition) is 5. The number of esters is 1. The molecule has 0 aliphatic carbocycles. The molecule has 2 aromatic carbocycles. The molecule has 0 radical (unpaired) electrons. The third-order valence-electron chi connectivity index (χ3n) is 2.93. The van der Waals surface area contributed by atoms with Crippen LogP contribution in [0.15, 0.2) is 36.4 Å². The van der Waals surface area contributed by atoms with Crippen LogP contribution in [-0.2, 0) is 9.53 Å². The number of carbonyl (C=O) groups excluding carboxylic acids is 2. The molecule has 0 atom stereocenters. The van der Waals surface area contributed by atoms with Gasteiger partial charge in [0.15, 0.2) is 6.61 Å². The summed E-state index contributed by atoms with van der Waals surface area (Å²) in [6.07, 6.45) is 0. The average molecular weight is 371 g/mol. The number of amides is 1. The van der Waals surface area contributed by atoms with Crippen molar-refractivity contribution >= 4 is 34.9 Å². The van der Waals surface area contributed by atoms with Crippen LogP contribution in [0.25, 0.3) is 0 Å². The molecule has 0 aromatic heterocycles. The summed E-state index contributed by atoms with van der Waals surface area (Å²) in [6.45, 7) is -0.797. The van der Waals surface area contributed by atoms with Gasteiger partial charge in [0.2, 0.25) is 5.82 Å². The highest BCUT2D eigenvalue weighted by atomic mass is 35.5. The zero-order valence-corrected chi connectivity index (χ0v) is 13.0. The maximum Gasteiger partial charge on any atom is 0.343 e. The predicted molar refractivity (Wildman–Crippen MR) is 83.4 cm³/mol. The fraction of sp³-hybridized carbons (Fsp3) is 0.0667. The standard InChI is InChI=1S/C15H9ClF2N2O5/c16-9-2-1-3-11(18)14(9)15(22)25-7-13(21)19-8-4-5-10(17)12(6-8)20(23)24/h1-6H,7H2,(H,19,21). The molecule has 0 saturated heterocycles. The van der Waals surface area contributed by atoms with Crippen molar-refractivity contribution in [2.24, 2.45) is 0 Å². The zero-order valence-electron chi connectivity index (χ0n) is 12.3. The molecular weight excluding hydrogens is 362 g/mol. The molecular formula is C15H9ClF2N2O5. The Labute approximate surface area is 144 Å². The Morgan fingerprint density at radius 1 is 1.20 bits per heavy atom. The van der Waals surface area contributed by atoms with E-state index in [0.717, 1.165) is 24.3 Å². The van der Waals surface area contributed by atoms with Crippen molar-refractivity contribution in [2.75, 3.05) is 11.9 Å². The zero-order chi connectivity index (χ0) is 18.6. The second-order valence-corrected chi connectivity index (χ2v) is 5.05. The molecule has 0 heterocycles. The van der Waals surface area contributed by atoms with Crippen LogP contribution in [0.5, 0.6) is 0 Å². The molecule has 2 rings (SSSR count). The van der Waals surface area contributed by atoms with E-state index in [0.29, 0.717) is 0 Å². The smallest absolute Gasteiger partial charge is 0.343 e. The Kier molecular flexibility index (Phi) is 5.60. The van der Waals surface area contributed by atoms with Gasteiger partial charge in [-0.05, 0) is 24.3 Å². The normalized spacial score (nSPS) is 10.2. The number of nitro groups is 1. The molecule has 0 aliphatic rings. The van der Waals surface area contributed by atoms with Crippen molar-refractivity contribution in [1.82, 2.24) is 0 Å². The maximum absolute atomic E-state index is 13.5. The van der Waals surface area contributed by atoms with E-state index in [1.807, 2.05) is 0 Å². The first-order valence-corrected chi connectivity index (χ1v) is 7.02. The van der Waals surface area contributed by atoms with Gasteiger partial charge in [-0.1, -0.05) is 17.7 Å². The molecule has 0 bridgehead atoms. The minimum absolute atomic E-state index is 0.0712. The molecule has 25 heavy (non-hydrogen) atoms. The van der Waals surface area contributed by atoms with Crippen molar-refractivity contribution in [3.05, 3.63) is 68.7 Å². The molecule has 1 amide bonds. The van der Waals surface area contributed by atoms with Gasteiger partial charge in [-0.15, -0.1) is 0 Å². The fourth-order valence-corrected chi connectivity index (χ4v) is 2.06. The number of nitrogens with zero attached hydrogens (tertiary/aromatic N) is 1. The van der Waals surface area contributed by atoms with Crippen LogP contribution in [0.1, 0.15) is 10.4 Å². The van der Waals surface area contributed by atoms with Gasteiger partial charge in [-0.3, -0.25) is 14.9 Å². The molecule has 130 valence electrons. The molecule has 0 spiro atoms. The number of carbonyl (C=O) groups is 2. The molecule has 0 aliphatic heterocycles. The van der Waals surface area contributed by atoms with Crippen LogP contribution >= 0.6 is 11.6 Å². The highest BCUT2D eigenvalue weighted by molar-refractivity contribution is 6.33. The Bertz CT molecular complexity index is 840. The third-order valence-corrected chi connectivity index (χ3v) is 3.24. The number of halogens is 3. The first-order chi connectivity index (χ1) is 11.8. The van der Waals surface area contributed by atoms with Crippen molar-refractivity contribution < 1.29 is 28.0 Å². The largest absolute Gasteiger partial charge is 0.452 e. The van der Waals surface area contributed by atoms with E-state index in [4.69, 9.17) is 11.6 Å². The van der Waals surface area contributed by atoms with Crippen LogP contribution in [0.2, 0.25) is 5.02 Å². The van der Waals surface area contributed by atoms with E-state index in [1.165, 1.54) is 12.1 Å². The molecule has 0 unspecified atom stereocenters. The lowest BCUT2D eigenvalue weighted by molar-refractivity contribution is -0.387. The van der Waals surface area contributed by atoms with Gasteiger partial charge in [-0.25, -0.2) is 9.18 Å². The number of benzene rings is 2. The summed E-state index contributed by atoms with van der Waals surface area (Å²) in [4.78, 5) is 33.1. The number of anilines is 1. The van der Waals surface area contributed by atoms with E-state index >= 15 is 0 Å². The summed E-state index contributed by atoms with van der Waals surface area (Å²) in [5.74, 6) is -3.99. The van der Waals surface area contributed by atoms with E-state index < -0.39 is 46.3 Å². The lowest BCUT2D eigenvalue weighted by Crippen LogP contribution is -2.21. The van der Waals surface area contributed by atoms with Gasteiger partial charge in [0.25, 0.3) is 5.91 Å². The number of ether oxygens (including phenoxy) is 1. The van der Waals surface area contributed by atoms with Crippen LogP contribution in [0, 0.1) is 21.7 Å². The van der Waals surface area contributed by atoms with E-state index in [1.54, 1.807) is 0 Å². The van der Waals surface area contributed by atoms with Gasteiger partial charge < -0.3 is 10.1 Å². The lowest BCUT2D eigenvalue weighted by atomic mass is 10.2. The quantitative estimate of drug-likeness (QED) is 0.494. The molecule has 0 saturated carbocycles. The minimum atomic E-state index is -1.15. The minimum Gasteiger partial charge on any atom is -0.452 e. The van der Waals surface area contributed by atoms with Gasteiger partial charge in [-0.2, -0.15) is 4.39 Å². The number of rotatable bonds is 5. The molecule has 10 heteroatoms. The van der Waals surface area contributed by atoms with Crippen LogP contribution in [0.4, 0.5) is 20.2 Å². The topological polar surface area (TPSA) is 98.5 Å². The van der Waals surface area contributed by atoms with Crippen molar-refractivity contribution in [1.29, 1.82) is 0 Å². The van der Waals surface area contributed by atoms with Gasteiger partial charge in [0.1, 0.15) is 11.4 Å². The van der Waals surface area contributed by atoms with E-state index in [9.17, 15) is 28.5 Å². The summed E-state index contributed by atoms with van der Waals surface area (Å²) in [5, 5.41) is 12.6. The lowest BCUT2D eigenvalue weighted by Gasteiger charge is -2.08. The van der Waals surface area contributed by atoms with Crippen LogP contribution in [-0.4, -0.2) is 23.4 Å². The fourth-order valence-electron chi connectivity index (χ4n) is 1.82. The first kappa shape index (κ1) is 18.3. The number of nitrogens with one attached hydrogen (secondary N) is 1. The summed E-state index contributed by atoms with van der Waals surface area (Å²) >= 11 is 5.69. The number of hydrogen-bond donors (Lipinski definition) is 1. The summed E-state index contributed by atoms with van der Waals surface area (Å²) < 4.78 is 31.4. The van der Waals surface area contributed by atoms with Crippen molar-refractivity contribution in [3.8, 4) is 0 Å². The number of nitro benzene ring substituents is 1. The molecule has 7 nitrogen and oxygen atoms in total. The Morgan fingerprint density at radius 2 is 1.92 bits per heavy atom. The van der Waals surface area contributed by atoms with Gasteiger partial charge in [0.05, 0.1) is 9.95 Å². The average Bonchev–Trinajstić information content (AvgIpc) is 2.54. The predicted octanol–water partition coefficient (Wildman–Crippen LogP) is 3.32. The Morgan fingerprint density at radius 3 is 2.56 bits per heavy atom. The van der Waals surface area contributed by atoms with Crippen LogP contribution in [0.3, 0.4) is 0 Å². The third kappa shape index (κ3) is 4.48. The van der Waals surface area contributed by atoms with E-state index in [-0.39, 0.29) is 10.7 Å². The highest BCUT2D eigenvalue weighted by Crippen LogP contribution is 2.22. The highest BCUT2D eigenvalue weighted by Gasteiger charge is 2.19. The molecule has 1 N–H and O–H groups in total. The Balaban J connectivity index is 2.00.